The summed E-state index contributed by atoms with van der Waals surface area (Å²) < 4.78 is 15.8. The van der Waals surface area contributed by atoms with Gasteiger partial charge in [-0.05, 0) is 26.0 Å². The van der Waals surface area contributed by atoms with Crippen molar-refractivity contribution in [3.8, 4) is 11.9 Å². The highest BCUT2D eigenvalue weighted by Crippen LogP contribution is 2.29. The molecule has 0 radical (unpaired) electrons. The molecular formula is C13H16N2O4. The number of rotatable bonds is 6. The van der Waals surface area contributed by atoms with Gasteiger partial charge in [-0.2, -0.15) is 4.98 Å². The van der Waals surface area contributed by atoms with Gasteiger partial charge in [-0.3, -0.25) is 0 Å². The second-order valence-electron chi connectivity index (χ2n) is 3.70. The van der Waals surface area contributed by atoms with Crippen LogP contribution in [-0.2, 0) is 0 Å². The van der Waals surface area contributed by atoms with Crippen LogP contribution in [0.5, 0.6) is 11.9 Å². The van der Waals surface area contributed by atoms with Crippen LogP contribution in [0.15, 0.2) is 29.0 Å². The fourth-order valence-corrected chi connectivity index (χ4v) is 1.60. The van der Waals surface area contributed by atoms with Crippen molar-refractivity contribution in [3.63, 3.8) is 0 Å². The number of nitrogens with zero attached hydrogens (tertiary/aromatic N) is 2. The molecule has 19 heavy (non-hydrogen) atoms. The first-order chi connectivity index (χ1) is 9.26. The van der Waals surface area contributed by atoms with E-state index in [1.165, 1.54) is 12.5 Å². The van der Waals surface area contributed by atoms with E-state index in [1.54, 1.807) is 12.1 Å². The predicted molar refractivity (Wildman–Crippen MR) is 67.1 cm³/mol. The fourth-order valence-electron chi connectivity index (χ4n) is 1.60. The third-order valence-electron chi connectivity index (χ3n) is 2.42. The van der Waals surface area contributed by atoms with E-state index < -0.39 is 6.10 Å². The lowest BCUT2D eigenvalue weighted by Gasteiger charge is -2.13. The largest absolute Gasteiger partial charge is 0.478 e. The molecule has 2 heterocycles. The second kappa shape index (κ2) is 6.19. The number of aromatic nitrogens is 2. The first kappa shape index (κ1) is 13.4. The lowest BCUT2D eigenvalue weighted by molar-refractivity contribution is 0.179. The van der Waals surface area contributed by atoms with Crippen molar-refractivity contribution in [1.82, 2.24) is 9.97 Å². The van der Waals surface area contributed by atoms with Gasteiger partial charge in [0.15, 0.2) is 0 Å². The first-order valence-corrected chi connectivity index (χ1v) is 6.10. The van der Waals surface area contributed by atoms with Crippen LogP contribution in [0.3, 0.4) is 0 Å². The molecule has 0 amide bonds. The van der Waals surface area contributed by atoms with E-state index >= 15 is 0 Å². The number of hydrogen-bond acceptors (Lipinski definition) is 6. The Morgan fingerprint density at radius 3 is 2.74 bits per heavy atom. The quantitative estimate of drug-likeness (QED) is 0.859. The Morgan fingerprint density at radius 1 is 1.32 bits per heavy atom. The van der Waals surface area contributed by atoms with Crippen LogP contribution in [0.4, 0.5) is 0 Å². The van der Waals surface area contributed by atoms with E-state index in [-0.39, 0.29) is 6.01 Å². The molecule has 0 bridgehead atoms. The van der Waals surface area contributed by atoms with Gasteiger partial charge in [-0.25, -0.2) is 4.98 Å². The summed E-state index contributed by atoms with van der Waals surface area (Å²) in [6, 6.07) is 3.60. The van der Waals surface area contributed by atoms with E-state index in [4.69, 9.17) is 13.9 Å². The van der Waals surface area contributed by atoms with Crippen molar-refractivity contribution in [2.75, 3.05) is 13.2 Å². The van der Waals surface area contributed by atoms with Gasteiger partial charge in [0.25, 0.3) is 0 Å². The minimum atomic E-state index is -0.966. The molecule has 2 aromatic heterocycles. The molecule has 0 aromatic carbocycles. The van der Waals surface area contributed by atoms with Crippen molar-refractivity contribution in [2.45, 2.75) is 20.0 Å². The summed E-state index contributed by atoms with van der Waals surface area (Å²) >= 11 is 0. The van der Waals surface area contributed by atoms with Crippen molar-refractivity contribution >= 4 is 0 Å². The van der Waals surface area contributed by atoms with Crippen LogP contribution in [0.25, 0.3) is 0 Å². The van der Waals surface area contributed by atoms with E-state index in [1.807, 2.05) is 13.8 Å². The molecule has 0 spiro atoms. The molecule has 2 rings (SSSR count). The highest BCUT2D eigenvalue weighted by Gasteiger charge is 2.20. The maximum atomic E-state index is 10.2. The number of ether oxygens (including phenoxy) is 2. The Morgan fingerprint density at radius 2 is 2.11 bits per heavy atom. The summed E-state index contributed by atoms with van der Waals surface area (Å²) in [5.74, 6) is 0.707. The molecule has 0 aliphatic carbocycles. The van der Waals surface area contributed by atoms with E-state index in [0.29, 0.717) is 30.4 Å². The van der Waals surface area contributed by atoms with Gasteiger partial charge in [0.05, 0.1) is 25.0 Å². The van der Waals surface area contributed by atoms with Gasteiger partial charge in [0.2, 0.25) is 5.88 Å². The molecular weight excluding hydrogens is 248 g/mol. The molecule has 1 atom stereocenters. The predicted octanol–water partition coefficient (Wildman–Crippen LogP) is 1.95. The Bertz CT molecular complexity index is 513. The zero-order chi connectivity index (χ0) is 13.7. The lowest BCUT2D eigenvalue weighted by atomic mass is 10.1. The Labute approximate surface area is 111 Å². The third kappa shape index (κ3) is 3.03. The topological polar surface area (TPSA) is 77.6 Å². The van der Waals surface area contributed by atoms with Crippen LogP contribution in [0.1, 0.15) is 31.3 Å². The van der Waals surface area contributed by atoms with Crippen molar-refractivity contribution in [2.24, 2.45) is 0 Å². The van der Waals surface area contributed by atoms with Gasteiger partial charge < -0.3 is 19.0 Å². The summed E-state index contributed by atoms with van der Waals surface area (Å²) in [5.41, 5.74) is 0.445. The highest BCUT2D eigenvalue weighted by atomic mass is 16.5. The van der Waals surface area contributed by atoms with Gasteiger partial charge in [-0.15, -0.1) is 0 Å². The average molecular weight is 264 g/mol. The van der Waals surface area contributed by atoms with Crippen LogP contribution in [0.2, 0.25) is 0 Å². The number of hydrogen-bond donors (Lipinski definition) is 1. The van der Waals surface area contributed by atoms with Crippen molar-refractivity contribution in [1.29, 1.82) is 0 Å². The SMILES string of the molecule is CCOc1ncc([C@H](O)c2ccco2)c(OCC)n1. The zero-order valence-corrected chi connectivity index (χ0v) is 10.9. The standard InChI is InChI=1S/C13H16N2O4/c1-3-17-12-9(8-14-13(15-12)18-4-2)11(16)10-6-5-7-19-10/h5-8,11,16H,3-4H2,1-2H3/t11-/m0/s1. The smallest absolute Gasteiger partial charge is 0.319 e. The molecule has 2 aromatic rings. The normalized spacial score (nSPS) is 12.2. The van der Waals surface area contributed by atoms with Crippen LogP contribution in [-0.4, -0.2) is 28.3 Å². The number of aliphatic hydroxyl groups excluding tert-OH is 1. The lowest BCUT2D eigenvalue weighted by Crippen LogP contribution is -2.08. The van der Waals surface area contributed by atoms with Gasteiger partial charge in [0, 0.05) is 6.20 Å². The summed E-state index contributed by atoms with van der Waals surface area (Å²) in [4.78, 5) is 8.15. The Balaban J connectivity index is 2.33. The van der Waals surface area contributed by atoms with E-state index in [9.17, 15) is 5.11 Å². The minimum Gasteiger partial charge on any atom is -0.478 e. The molecule has 0 saturated carbocycles. The van der Waals surface area contributed by atoms with Crippen molar-refractivity contribution < 1.29 is 19.0 Å². The monoisotopic (exact) mass is 264 g/mol. The van der Waals surface area contributed by atoms with Gasteiger partial charge >= 0.3 is 6.01 Å². The fraction of sp³-hybridized carbons (Fsp3) is 0.385. The molecule has 0 aliphatic heterocycles. The molecule has 0 aliphatic rings. The van der Waals surface area contributed by atoms with E-state index in [0.717, 1.165) is 0 Å². The molecule has 6 heteroatoms. The molecule has 0 saturated heterocycles. The molecule has 0 fully saturated rings. The molecule has 102 valence electrons. The Kier molecular flexibility index (Phi) is 4.35. The second-order valence-corrected chi connectivity index (χ2v) is 3.70. The van der Waals surface area contributed by atoms with Crippen molar-refractivity contribution in [3.05, 3.63) is 35.9 Å². The van der Waals surface area contributed by atoms with Crippen LogP contribution >= 0.6 is 0 Å². The summed E-state index contributed by atoms with van der Waals surface area (Å²) in [5, 5.41) is 10.2. The maximum absolute atomic E-state index is 10.2. The number of furan rings is 1. The van der Waals surface area contributed by atoms with Gasteiger partial charge in [-0.1, -0.05) is 0 Å². The summed E-state index contributed by atoms with van der Waals surface area (Å²) in [6.45, 7) is 4.58. The average Bonchev–Trinajstić information content (AvgIpc) is 2.93. The van der Waals surface area contributed by atoms with Crippen LogP contribution in [0, 0.1) is 0 Å². The number of aliphatic hydroxyl groups is 1. The summed E-state index contributed by atoms with van der Waals surface area (Å²) in [7, 11) is 0. The molecule has 0 unspecified atom stereocenters. The highest BCUT2D eigenvalue weighted by molar-refractivity contribution is 5.32. The maximum Gasteiger partial charge on any atom is 0.319 e. The van der Waals surface area contributed by atoms with Gasteiger partial charge in [0.1, 0.15) is 11.9 Å². The Hall–Kier alpha value is -2.08. The van der Waals surface area contributed by atoms with Crippen LogP contribution < -0.4 is 9.47 Å². The third-order valence-corrected chi connectivity index (χ3v) is 2.42. The summed E-state index contributed by atoms with van der Waals surface area (Å²) in [6.07, 6.45) is 2.01. The molecule has 1 N–H and O–H groups in total. The zero-order valence-electron chi connectivity index (χ0n) is 10.9. The minimum absolute atomic E-state index is 0.223. The first-order valence-electron chi connectivity index (χ1n) is 6.10. The van der Waals surface area contributed by atoms with E-state index in [2.05, 4.69) is 9.97 Å². The molecule has 6 nitrogen and oxygen atoms in total.